The maximum atomic E-state index is 12.4. The van der Waals surface area contributed by atoms with Crippen LogP contribution < -0.4 is 4.74 Å². The number of thioether (sulfide) groups is 1. The van der Waals surface area contributed by atoms with Crippen LogP contribution in [0.25, 0.3) is 0 Å². The number of methoxy groups -OCH3 is 1. The van der Waals surface area contributed by atoms with Crippen LogP contribution in [0.4, 0.5) is 0 Å². The molecule has 1 aromatic carbocycles. The third-order valence-corrected chi connectivity index (χ3v) is 4.33. The highest BCUT2D eigenvalue weighted by atomic mass is 32.2. The maximum Gasteiger partial charge on any atom is 0.236 e. The van der Waals surface area contributed by atoms with Crippen LogP contribution in [0.15, 0.2) is 29.2 Å². The van der Waals surface area contributed by atoms with Crippen LogP contribution in [0.3, 0.4) is 0 Å². The van der Waals surface area contributed by atoms with Crippen molar-refractivity contribution in [3.8, 4) is 11.8 Å². The zero-order valence-corrected chi connectivity index (χ0v) is 12.5. The Bertz CT molecular complexity index is 506. The maximum absolute atomic E-state index is 12.4. The van der Waals surface area contributed by atoms with E-state index in [9.17, 15) is 4.79 Å². The lowest BCUT2D eigenvalue weighted by Gasteiger charge is -2.22. The third-order valence-electron chi connectivity index (χ3n) is 3.23. The van der Waals surface area contributed by atoms with Gasteiger partial charge in [-0.1, -0.05) is 0 Å². The fourth-order valence-electron chi connectivity index (χ4n) is 1.99. The number of ether oxygens (including phenoxy) is 1. The van der Waals surface area contributed by atoms with Crippen LogP contribution in [0, 0.1) is 11.3 Å². The fraction of sp³-hybridized carbons (Fsp3) is 0.467. The topological polar surface area (TPSA) is 53.3 Å². The Morgan fingerprint density at radius 3 is 2.65 bits per heavy atom. The average Bonchev–Trinajstić information content (AvgIpc) is 3.29. The second kappa shape index (κ2) is 6.67. The Labute approximate surface area is 123 Å². The van der Waals surface area contributed by atoms with Gasteiger partial charge in [0.2, 0.25) is 5.91 Å². The Kier molecular flexibility index (Phi) is 4.91. The molecule has 1 aliphatic carbocycles. The van der Waals surface area contributed by atoms with Gasteiger partial charge in [-0.25, -0.2) is 0 Å². The molecule has 1 saturated carbocycles. The molecular formula is C15H18N2O2S. The summed E-state index contributed by atoms with van der Waals surface area (Å²) in [6.07, 6.45) is 2.04. The van der Waals surface area contributed by atoms with E-state index < -0.39 is 0 Å². The van der Waals surface area contributed by atoms with Gasteiger partial charge >= 0.3 is 0 Å². The van der Waals surface area contributed by atoms with Crippen molar-refractivity contribution >= 4 is 17.7 Å². The van der Waals surface area contributed by atoms with Gasteiger partial charge in [-0.05, 0) is 44.0 Å². The Hall–Kier alpha value is -1.67. The van der Waals surface area contributed by atoms with Crippen LogP contribution in [0.2, 0.25) is 0 Å². The van der Waals surface area contributed by atoms with Crippen molar-refractivity contribution in [1.29, 1.82) is 5.26 Å². The molecule has 0 radical (unpaired) electrons. The summed E-state index contributed by atoms with van der Waals surface area (Å²) in [5.74, 6) is 0.854. The van der Waals surface area contributed by atoms with E-state index >= 15 is 0 Å². The molecule has 0 saturated heterocycles. The summed E-state index contributed by atoms with van der Waals surface area (Å²) in [7, 11) is 1.63. The summed E-state index contributed by atoms with van der Waals surface area (Å²) in [4.78, 5) is 15.1. The first-order chi connectivity index (χ1) is 9.65. The summed E-state index contributed by atoms with van der Waals surface area (Å²) < 4.78 is 5.11. The molecule has 0 aliphatic heterocycles. The Morgan fingerprint density at radius 1 is 1.50 bits per heavy atom. The number of hydrogen-bond donors (Lipinski definition) is 0. The van der Waals surface area contributed by atoms with Gasteiger partial charge < -0.3 is 9.64 Å². The van der Waals surface area contributed by atoms with Crippen LogP contribution in [-0.2, 0) is 4.79 Å². The molecule has 0 spiro atoms. The molecule has 4 nitrogen and oxygen atoms in total. The lowest BCUT2D eigenvalue weighted by Crippen LogP contribution is -2.38. The molecule has 0 aromatic heterocycles. The van der Waals surface area contributed by atoms with E-state index in [1.165, 1.54) is 11.8 Å². The molecule has 1 atom stereocenters. The normalized spacial score (nSPS) is 15.2. The van der Waals surface area contributed by atoms with E-state index in [2.05, 4.69) is 6.07 Å². The van der Waals surface area contributed by atoms with Gasteiger partial charge in [0.15, 0.2) is 0 Å². The summed E-state index contributed by atoms with van der Waals surface area (Å²) >= 11 is 1.51. The smallest absolute Gasteiger partial charge is 0.236 e. The summed E-state index contributed by atoms with van der Waals surface area (Å²) in [5, 5.41) is 8.64. The van der Waals surface area contributed by atoms with Crippen molar-refractivity contribution in [2.45, 2.75) is 36.0 Å². The monoisotopic (exact) mass is 290 g/mol. The van der Waals surface area contributed by atoms with Gasteiger partial charge in [0.05, 0.1) is 18.4 Å². The van der Waals surface area contributed by atoms with Gasteiger partial charge in [-0.2, -0.15) is 5.26 Å². The lowest BCUT2D eigenvalue weighted by atomic mass is 10.3. The molecule has 20 heavy (non-hydrogen) atoms. The van der Waals surface area contributed by atoms with Crippen molar-refractivity contribution in [2.75, 3.05) is 13.7 Å². The standard InChI is InChI=1S/C15H18N2O2S/c1-11(15(18)17(10-9-16)12-3-4-12)20-14-7-5-13(19-2)6-8-14/h5-8,11-12H,3-4,10H2,1-2H3/t11-/m0/s1. The molecule has 2 rings (SSSR count). The second-order valence-electron chi connectivity index (χ2n) is 4.79. The van der Waals surface area contributed by atoms with Crippen molar-refractivity contribution in [3.63, 3.8) is 0 Å². The molecule has 1 aliphatic rings. The highest BCUT2D eigenvalue weighted by Crippen LogP contribution is 2.31. The minimum Gasteiger partial charge on any atom is -0.497 e. The predicted molar refractivity (Wildman–Crippen MR) is 78.7 cm³/mol. The van der Waals surface area contributed by atoms with E-state index in [1.54, 1.807) is 12.0 Å². The van der Waals surface area contributed by atoms with Gasteiger partial charge in [0.1, 0.15) is 12.3 Å². The molecule has 0 N–H and O–H groups in total. The average molecular weight is 290 g/mol. The number of hydrogen-bond acceptors (Lipinski definition) is 4. The van der Waals surface area contributed by atoms with Gasteiger partial charge in [-0.15, -0.1) is 11.8 Å². The van der Waals surface area contributed by atoms with Crippen molar-refractivity contribution < 1.29 is 9.53 Å². The number of amides is 1. The van der Waals surface area contributed by atoms with E-state index in [4.69, 9.17) is 10.00 Å². The zero-order chi connectivity index (χ0) is 14.5. The number of nitrogens with zero attached hydrogens (tertiary/aromatic N) is 2. The van der Waals surface area contributed by atoms with Crippen molar-refractivity contribution in [1.82, 2.24) is 4.90 Å². The number of rotatable bonds is 6. The highest BCUT2D eigenvalue weighted by Gasteiger charge is 2.34. The SMILES string of the molecule is COc1ccc(S[C@@H](C)C(=O)N(CC#N)C2CC2)cc1. The minimum atomic E-state index is -0.183. The van der Waals surface area contributed by atoms with Crippen molar-refractivity contribution in [3.05, 3.63) is 24.3 Å². The van der Waals surface area contributed by atoms with E-state index in [1.807, 2.05) is 31.2 Å². The Morgan fingerprint density at radius 2 is 2.15 bits per heavy atom. The van der Waals surface area contributed by atoms with Gasteiger partial charge in [-0.3, -0.25) is 4.79 Å². The van der Waals surface area contributed by atoms with Crippen LogP contribution >= 0.6 is 11.8 Å². The quantitative estimate of drug-likeness (QED) is 0.597. The van der Waals surface area contributed by atoms with Crippen LogP contribution in [0.5, 0.6) is 5.75 Å². The summed E-state index contributed by atoms with van der Waals surface area (Å²) in [5.41, 5.74) is 0. The second-order valence-corrected chi connectivity index (χ2v) is 6.21. The molecule has 1 aromatic rings. The molecule has 5 heteroatoms. The van der Waals surface area contributed by atoms with Gasteiger partial charge in [0, 0.05) is 10.9 Å². The van der Waals surface area contributed by atoms with Crippen molar-refractivity contribution in [2.24, 2.45) is 0 Å². The molecular weight excluding hydrogens is 272 g/mol. The predicted octanol–water partition coefficient (Wildman–Crippen LogP) is 2.69. The highest BCUT2D eigenvalue weighted by molar-refractivity contribution is 8.00. The van der Waals surface area contributed by atoms with E-state index in [0.29, 0.717) is 0 Å². The Balaban J connectivity index is 1.97. The van der Waals surface area contributed by atoms with Crippen LogP contribution in [-0.4, -0.2) is 35.8 Å². The number of carbonyl (C=O) groups is 1. The first-order valence-corrected chi connectivity index (χ1v) is 7.52. The number of nitriles is 1. The largest absolute Gasteiger partial charge is 0.497 e. The summed E-state index contributed by atoms with van der Waals surface area (Å²) in [6.45, 7) is 2.08. The minimum absolute atomic E-state index is 0.0508. The fourth-order valence-corrected chi connectivity index (χ4v) is 2.93. The lowest BCUT2D eigenvalue weighted by molar-refractivity contribution is -0.130. The molecule has 1 amide bonds. The molecule has 1 fully saturated rings. The molecule has 106 valence electrons. The third kappa shape index (κ3) is 3.67. The number of carbonyl (C=O) groups excluding carboxylic acids is 1. The first-order valence-electron chi connectivity index (χ1n) is 6.64. The zero-order valence-electron chi connectivity index (χ0n) is 11.7. The van der Waals surface area contributed by atoms with Gasteiger partial charge in [0.25, 0.3) is 0 Å². The van der Waals surface area contributed by atoms with E-state index in [0.717, 1.165) is 23.5 Å². The molecule has 0 unspecified atom stereocenters. The molecule has 0 bridgehead atoms. The number of benzene rings is 1. The summed E-state index contributed by atoms with van der Waals surface area (Å²) in [6, 6.07) is 10.0. The van der Waals surface area contributed by atoms with Crippen LogP contribution in [0.1, 0.15) is 19.8 Å². The molecule has 0 heterocycles. The first kappa shape index (κ1) is 14.7. The van der Waals surface area contributed by atoms with E-state index in [-0.39, 0.29) is 23.7 Å².